The maximum Gasteiger partial charge on any atom is 0.418 e. The standard InChI is InChI=1S/C26H20ClF3N4O/c1-17-14-33(25(31-17)19-10-6-3-7-11-19)22-13-21-23(12-20(22)26(28,29)30)34(15-24(27)32-21)35-16-18-8-4-2-5-9-18/h2-14H,15-16H2,1H3. The molecule has 1 aliphatic rings. The van der Waals surface area contributed by atoms with Crippen LogP contribution >= 0.6 is 11.6 Å². The smallest absolute Gasteiger partial charge is 0.299 e. The molecular weight excluding hydrogens is 477 g/mol. The third-order valence-electron chi connectivity index (χ3n) is 5.53. The molecule has 1 aromatic heterocycles. The van der Waals surface area contributed by atoms with E-state index in [9.17, 15) is 13.2 Å². The van der Waals surface area contributed by atoms with Gasteiger partial charge in [-0.2, -0.15) is 13.2 Å². The number of rotatable bonds is 5. The maximum absolute atomic E-state index is 14.3. The summed E-state index contributed by atoms with van der Waals surface area (Å²) in [6, 6.07) is 20.9. The van der Waals surface area contributed by atoms with E-state index in [2.05, 4.69) is 9.98 Å². The van der Waals surface area contributed by atoms with Crippen molar-refractivity contribution in [2.24, 2.45) is 4.99 Å². The number of nitrogens with zero attached hydrogens (tertiary/aromatic N) is 4. The molecule has 5 nitrogen and oxygen atoms in total. The van der Waals surface area contributed by atoms with Gasteiger partial charge in [0.15, 0.2) is 0 Å². The third-order valence-corrected chi connectivity index (χ3v) is 5.73. The average molecular weight is 497 g/mol. The van der Waals surface area contributed by atoms with Gasteiger partial charge in [0.25, 0.3) is 0 Å². The molecule has 0 bridgehead atoms. The van der Waals surface area contributed by atoms with Gasteiger partial charge in [0.2, 0.25) is 0 Å². The predicted molar refractivity (Wildman–Crippen MR) is 130 cm³/mol. The van der Waals surface area contributed by atoms with Crippen LogP contribution in [0, 0.1) is 6.92 Å². The van der Waals surface area contributed by atoms with E-state index in [0.717, 1.165) is 11.6 Å². The van der Waals surface area contributed by atoms with Gasteiger partial charge in [-0.25, -0.2) is 15.0 Å². The van der Waals surface area contributed by atoms with Crippen molar-refractivity contribution in [1.29, 1.82) is 0 Å². The number of aryl methyl sites for hydroxylation is 1. The Hall–Kier alpha value is -3.62. The zero-order valence-electron chi connectivity index (χ0n) is 18.6. The summed E-state index contributed by atoms with van der Waals surface area (Å²) in [7, 11) is 0. The monoisotopic (exact) mass is 496 g/mol. The summed E-state index contributed by atoms with van der Waals surface area (Å²) >= 11 is 6.27. The molecule has 0 amide bonds. The first-order valence-corrected chi connectivity index (χ1v) is 11.2. The summed E-state index contributed by atoms with van der Waals surface area (Å²) in [4.78, 5) is 14.7. The highest BCUT2D eigenvalue weighted by atomic mass is 35.5. The Kier molecular flexibility index (Phi) is 6.08. The van der Waals surface area contributed by atoms with Crippen LogP contribution in [0.5, 0.6) is 0 Å². The Labute approximate surface area is 205 Å². The van der Waals surface area contributed by atoms with Crippen molar-refractivity contribution in [2.45, 2.75) is 19.7 Å². The predicted octanol–water partition coefficient (Wildman–Crippen LogP) is 7.09. The molecular formula is C26H20ClF3N4O. The van der Waals surface area contributed by atoms with Gasteiger partial charge in [-0.05, 0) is 24.6 Å². The zero-order chi connectivity index (χ0) is 24.6. The van der Waals surface area contributed by atoms with Gasteiger partial charge >= 0.3 is 6.18 Å². The van der Waals surface area contributed by atoms with Crippen molar-refractivity contribution in [3.8, 4) is 17.1 Å². The van der Waals surface area contributed by atoms with Crippen LogP contribution in [0.15, 0.2) is 84.0 Å². The molecule has 3 aromatic carbocycles. The zero-order valence-corrected chi connectivity index (χ0v) is 19.4. The third kappa shape index (κ3) is 4.80. The van der Waals surface area contributed by atoms with Crippen molar-refractivity contribution >= 4 is 28.1 Å². The van der Waals surface area contributed by atoms with Crippen LogP contribution in [0.4, 0.5) is 24.5 Å². The molecule has 0 fully saturated rings. The first-order chi connectivity index (χ1) is 16.8. The van der Waals surface area contributed by atoms with E-state index in [-0.39, 0.29) is 35.4 Å². The second kappa shape index (κ2) is 9.20. The fourth-order valence-electron chi connectivity index (χ4n) is 3.97. The summed E-state index contributed by atoms with van der Waals surface area (Å²) < 4.78 is 44.5. The van der Waals surface area contributed by atoms with Crippen LogP contribution < -0.4 is 5.06 Å². The van der Waals surface area contributed by atoms with Crippen LogP contribution in [0.1, 0.15) is 16.8 Å². The minimum absolute atomic E-state index is 0.0392. The highest BCUT2D eigenvalue weighted by Gasteiger charge is 2.37. The summed E-state index contributed by atoms with van der Waals surface area (Å²) in [6.07, 6.45) is -3.05. The molecule has 2 heterocycles. The Morgan fingerprint density at radius 3 is 2.34 bits per heavy atom. The molecule has 0 N–H and O–H groups in total. The summed E-state index contributed by atoms with van der Waals surface area (Å²) in [5.74, 6) is 0.400. The molecule has 1 aliphatic heterocycles. The Bertz CT molecular complexity index is 1390. The van der Waals surface area contributed by atoms with Crippen LogP contribution in [-0.4, -0.2) is 21.3 Å². The van der Waals surface area contributed by atoms with Crippen molar-refractivity contribution in [3.63, 3.8) is 0 Å². The number of hydrogen-bond acceptors (Lipinski definition) is 4. The number of aromatic nitrogens is 2. The van der Waals surface area contributed by atoms with Crippen LogP contribution in [0.2, 0.25) is 0 Å². The van der Waals surface area contributed by atoms with Crippen molar-refractivity contribution in [2.75, 3.05) is 11.6 Å². The number of hydrogen-bond donors (Lipinski definition) is 0. The normalized spacial score (nSPS) is 13.5. The SMILES string of the molecule is Cc1cn(-c2cc3c(cc2C(F)(F)F)N(OCc2ccccc2)CC(Cl)=N3)c(-c2ccccc2)n1. The highest BCUT2D eigenvalue weighted by Crippen LogP contribution is 2.44. The highest BCUT2D eigenvalue weighted by molar-refractivity contribution is 6.66. The molecule has 0 radical (unpaired) electrons. The number of hydroxylamine groups is 1. The summed E-state index contributed by atoms with van der Waals surface area (Å²) in [5, 5.41) is 1.56. The minimum Gasteiger partial charge on any atom is -0.299 e. The maximum atomic E-state index is 14.3. The number of alkyl halides is 3. The van der Waals surface area contributed by atoms with Crippen molar-refractivity contribution in [3.05, 3.63) is 95.8 Å². The van der Waals surface area contributed by atoms with E-state index in [1.54, 1.807) is 25.3 Å². The van der Waals surface area contributed by atoms with Crippen LogP contribution in [0.25, 0.3) is 17.1 Å². The number of anilines is 1. The van der Waals surface area contributed by atoms with Crippen LogP contribution in [0.3, 0.4) is 0 Å². The lowest BCUT2D eigenvalue weighted by atomic mass is 10.1. The minimum atomic E-state index is -4.63. The lowest BCUT2D eigenvalue weighted by Gasteiger charge is -2.29. The summed E-state index contributed by atoms with van der Waals surface area (Å²) in [6.45, 7) is 1.95. The van der Waals surface area contributed by atoms with E-state index < -0.39 is 11.7 Å². The first kappa shape index (κ1) is 23.1. The lowest BCUT2D eigenvalue weighted by molar-refractivity contribution is -0.137. The fourth-order valence-corrected chi connectivity index (χ4v) is 4.16. The lowest BCUT2D eigenvalue weighted by Crippen LogP contribution is -2.31. The molecule has 5 rings (SSSR count). The van der Waals surface area contributed by atoms with Gasteiger partial charge in [-0.3, -0.25) is 9.40 Å². The molecule has 178 valence electrons. The second-order valence-electron chi connectivity index (χ2n) is 8.08. The largest absolute Gasteiger partial charge is 0.418 e. The van der Waals surface area contributed by atoms with E-state index in [1.807, 2.05) is 48.5 Å². The fraction of sp³-hybridized carbons (Fsp3) is 0.154. The number of benzene rings is 3. The molecule has 0 spiro atoms. The molecule has 0 saturated heterocycles. The van der Waals surface area contributed by atoms with Crippen molar-refractivity contribution in [1.82, 2.24) is 9.55 Å². The van der Waals surface area contributed by atoms with E-state index in [4.69, 9.17) is 16.4 Å². The average Bonchev–Trinajstić information content (AvgIpc) is 3.24. The van der Waals surface area contributed by atoms with Gasteiger partial charge in [0, 0.05) is 11.8 Å². The quantitative estimate of drug-likeness (QED) is 0.296. The molecule has 0 unspecified atom stereocenters. The van der Waals surface area contributed by atoms with Crippen molar-refractivity contribution < 1.29 is 18.0 Å². The Balaban J connectivity index is 1.62. The number of halogens is 4. The number of imidazole rings is 1. The van der Waals surface area contributed by atoms with Gasteiger partial charge in [-0.15, -0.1) is 0 Å². The summed E-state index contributed by atoms with van der Waals surface area (Å²) in [5.41, 5.74) is 1.72. The van der Waals surface area contributed by atoms with Gasteiger partial charge in [0.1, 0.15) is 11.0 Å². The van der Waals surface area contributed by atoms with Gasteiger partial charge in [0.05, 0.1) is 41.5 Å². The van der Waals surface area contributed by atoms with Gasteiger partial charge in [-0.1, -0.05) is 72.3 Å². The second-order valence-corrected chi connectivity index (χ2v) is 8.52. The van der Waals surface area contributed by atoms with E-state index >= 15 is 0 Å². The Morgan fingerprint density at radius 1 is 0.971 bits per heavy atom. The number of fused-ring (bicyclic) bond motifs is 1. The topological polar surface area (TPSA) is 42.6 Å². The number of aliphatic imine (C=N–C) groups is 1. The van der Waals surface area contributed by atoms with E-state index in [0.29, 0.717) is 17.1 Å². The molecule has 35 heavy (non-hydrogen) atoms. The molecule has 0 saturated carbocycles. The van der Waals surface area contributed by atoms with E-state index in [1.165, 1.54) is 15.7 Å². The molecule has 9 heteroatoms. The first-order valence-electron chi connectivity index (χ1n) is 10.8. The molecule has 0 aliphatic carbocycles. The van der Waals surface area contributed by atoms with Gasteiger partial charge < -0.3 is 0 Å². The Morgan fingerprint density at radius 2 is 1.66 bits per heavy atom. The molecule has 4 aromatic rings. The van der Waals surface area contributed by atoms with Crippen LogP contribution in [-0.2, 0) is 17.6 Å². The molecule has 0 atom stereocenters.